The van der Waals surface area contributed by atoms with Gasteiger partial charge in [0.1, 0.15) is 0 Å². The zero-order chi connectivity index (χ0) is 35.6. The molecule has 0 aromatic heterocycles. The normalized spacial score (nSPS) is 31.0. The first kappa shape index (κ1) is 27.4. The third-order valence-electron chi connectivity index (χ3n) is 18.4. The average molecular weight is 717 g/mol. The molecule has 0 bridgehead atoms. The highest BCUT2D eigenvalue weighted by atomic mass is 16.5. The van der Waals surface area contributed by atoms with Crippen LogP contribution in [0.2, 0.25) is 0 Å². The molecule has 7 atom stereocenters. The fraction of sp³-hybridized carbons (Fsp3) is 0.315. The summed E-state index contributed by atoms with van der Waals surface area (Å²) in [5.41, 5.74) is 26.9. The number of carbonyl (C=O) groups is 1. The lowest BCUT2D eigenvalue weighted by atomic mass is 9.61. The lowest BCUT2D eigenvalue weighted by Crippen LogP contribution is -2.28. The first-order chi connectivity index (χ1) is 27.7. The van der Waals surface area contributed by atoms with E-state index in [0.717, 1.165) is 38.5 Å². The van der Waals surface area contributed by atoms with E-state index < -0.39 is 0 Å². The van der Waals surface area contributed by atoms with Crippen molar-refractivity contribution in [1.29, 1.82) is 0 Å². The smallest absolute Gasteiger partial charge is 0.305 e. The Morgan fingerprint density at radius 3 is 2.54 bits per heavy atom. The molecule has 0 heterocycles. The molecule has 1 spiro atoms. The lowest BCUT2D eigenvalue weighted by molar-refractivity contribution is -0.143. The second-order valence-electron chi connectivity index (χ2n) is 20.0. The van der Waals surface area contributed by atoms with E-state index in [1.807, 2.05) is 5.57 Å². The van der Waals surface area contributed by atoms with Gasteiger partial charge in [0, 0.05) is 40.9 Å². The molecule has 18 rings (SSSR count). The van der Waals surface area contributed by atoms with Gasteiger partial charge in [-0.2, -0.15) is 0 Å². The van der Waals surface area contributed by atoms with Crippen molar-refractivity contribution in [2.24, 2.45) is 11.8 Å². The fourth-order valence-electron chi connectivity index (χ4n) is 17.4. The highest BCUT2D eigenvalue weighted by Gasteiger charge is 2.81. The molecule has 0 aliphatic heterocycles. The minimum atomic E-state index is -0.112. The van der Waals surface area contributed by atoms with Crippen molar-refractivity contribution in [1.82, 2.24) is 0 Å². The van der Waals surface area contributed by atoms with Gasteiger partial charge >= 0.3 is 5.97 Å². The van der Waals surface area contributed by atoms with Crippen LogP contribution in [0.25, 0.3) is 60.7 Å². The molecule has 0 amide bonds. The van der Waals surface area contributed by atoms with Gasteiger partial charge < -0.3 is 4.74 Å². The van der Waals surface area contributed by atoms with Crippen molar-refractivity contribution in [3.63, 3.8) is 0 Å². The Morgan fingerprint density at radius 1 is 0.786 bits per heavy atom. The number of ether oxygens (including phenoxy) is 1. The molecule has 1 saturated carbocycles. The van der Waals surface area contributed by atoms with E-state index in [-0.39, 0.29) is 16.8 Å². The highest BCUT2D eigenvalue weighted by molar-refractivity contribution is 6.29. The van der Waals surface area contributed by atoms with E-state index >= 15 is 0 Å². The van der Waals surface area contributed by atoms with E-state index in [1.165, 1.54) is 22.6 Å². The summed E-state index contributed by atoms with van der Waals surface area (Å²) in [6.07, 6.45) is 13.5. The lowest BCUT2D eigenvalue weighted by Gasteiger charge is -2.41. The van der Waals surface area contributed by atoms with E-state index in [1.54, 1.807) is 121 Å². The molecule has 12 aliphatic carbocycles. The van der Waals surface area contributed by atoms with Crippen molar-refractivity contribution < 1.29 is 9.53 Å². The van der Waals surface area contributed by atoms with E-state index in [9.17, 15) is 4.79 Å². The zero-order valence-corrected chi connectivity index (χ0v) is 31.3. The number of unbranched alkanes of at least 4 members (excludes halogenated alkanes) is 1. The van der Waals surface area contributed by atoms with Crippen LogP contribution in [-0.4, -0.2) is 12.6 Å². The maximum Gasteiger partial charge on any atom is 0.305 e. The van der Waals surface area contributed by atoms with E-state index in [2.05, 4.69) is 67.6 Å². The van der Waals surface area contributed by atoms with Crippen LogP contribution in [0.15, 0.2) is 65.8 Å². The van der Waals surface area contributed by atoms with Crippen LogP contribution in [0.5, 0.6) is 0 Å². The number of hydrogen-bond donors (Lipinski definition) is 0. The van der Waals surface area contributed by atoms with Gasteiger partial charge in [0.25, 0.3) is 0 Å². The second kappa shape index (κ2) is 7.86. The molecule has 7 unspecified atom stereocenters. The number of esters is 1. The predicted molar refractivity (Wildman–Crippen MR) is 219 cm³/mol. The number of benzene rings is 6. The van der Waals surface area contributed by atoms with Crippen molar-refractivity contribution in [3.8, 4) is 11.1 Å². The van der Waals surface area contributed by atoms with Crippen molar-refractivity contribution in [3.05, 3.63) is 142 Å². The van der Waals surface area contributed by atoms with Gasteiger partial charge in [0.2, 0.25) is 0 Å². The van der Waals surface area contributed by atoms with Crippen LogP contribution < -0.4 is 10.4 Å². The van der Waals surface area contributed by atoms with E-state index in [4.69, 9.17) is 4.74 Å². The summed E-state index contributed by atoms with van der Waals surface area (Å²) in [5, 5.41) is 16.1. The third kappa shape index (κ3) is 2.24. The summed E-state index contributed by atoms with van der Waals surface area (Å²) < 4.78 is 5.77. The Bertz CT molecular complexity index is 3600. The average Bonchev–Trinajstić information content (AvgIpc) is 3.89. The molecule has 6 aromatic carbocycles. The number of hydrogen-bond acceptors (Lipinski definition) is 2. The van der Waals surface area contributed by atoms with Gasteiger partial charge in [-0.15, -0.1) is 0 Å². The molecule has 0 saturated heterocycles. The van der Waals surface area contributed by atoms with E-state index in [0.29, 0.717) is 42.6 Å². The first-order valence-electron chi connectivity index (χ1n) is 21.9. The van der Waals surface area contributed by atoms with Crippen LogP contribution in [0.4, 0.5) is 0 Å². The molecule has 56 heavy (non-hydrogen) atoms. The number of rotatable bonds is 8. The summed E-state index contributed by atoms with van der Waals surface area (Å²) in [4.78, 5) is 13.2. The molecule has 2 heteroatoms. The number of allylic oxidation sites excluding steroid dienone is 4. The maximum atomic E-state index is 13.2. The largest absolute Gasteiger partial charge is 0.466 e. The zero-order valence-electron chi connectivity index (χ0n) is 31.3. The monoisotopic (exact) mass is 716 g/mol. The third-order valence-corrected chi connectivity index (χ3v) is 18.4. The number of fused-ring (bicyclic) bond motifs is 1. The molecule has 1 fully saturated rings. The number of carbonyl (C=O) groups excluding carboxylic acids is 1. The van der Waals surface area contributed by atoms with Gasteiger partial charge in [-0.25, -0.2) is 0 Å². The topological polar surface area (TPSA) is 26.3 Å². The molecule has 12 aliphatic rings. The molecule has 0 N–H and O–H groups in total. The minimum absolute atomic E-state index is 0.0228. The summed E-state index contributed by atoms with van der Waals surface area (Å²) >= 11 is 0. The summed E-state index contributed by atoms with van der Waals surface area (Å²) in [6, 6.07) is 19.7. The molecular formula is C54H36O2. The molecule has 264 valence electrons. The Kier molecular flexibility index (Phi) is 3.85. The highest BCUT2D eigenvalue weighted by Crippen LogP contribution is 2.85. The summed E-state index contributed by atoms with van der Waals surface area (Å²) in [5.74, 6) is 2.37. The standard InChI is InChI=1S/C54H36O2/c1-2-3-12-56-30(55)10-7-11-53(28-8-5-4-6-9-28)52-29-19-26-17-23-15-24-14-21-13-22-16-25-18-27-20-54(52,53)51-37(27)42-36(25)41-32(22)31(21)39-35(24)40-33(23)34(26)43-38(29)50(51)49-47(42)45(41)44(39)46(40)48(43)49/h4-6,8-9,15-16,18-20,26,34,46,48,52H,2-3,7,10-14,17H2,1H3. The summed E-state index contributed by atoms with van der Waals surface area (Å²) in [6.45, 7) is 2.70. The molecule has 2 nitrogen and oxygen atoms in total. The van der Waals surface area contributed by atoms with Gasteiger partial charge in [0.05, 0.1) is 6.61 Å². The summed E-state index contributed by atoms with van der Waals surface area (Å²) in [7, 11) is 0. The second-order valence-corrected chi connectivity index (χ2v) is 20.0. The molecule has 0 radical (unpaired) electrons. The SMILES string of the molecule is CCCCOC(=O)CCCC1(c2ccccc2)C2C3=CC4Cc5cc6c7c8c5C4C4=C3c3c5c9c%10c%11c3C21C=c%11cc1cc2c3c(c-7c(c=9c3c1%10)C8C45)=C(C6)C2. The van der Waals surface area contributed by atoms with Crippen LogP contribution in [0, 0.1) is 22.3 Å². The maximum absolute atomic E-state index is 13.2. The predicted octanol–water partition coefficient (Wildman–Crippen LogP) is 9.32. The van der Waals surface area contributed by atoms with Gasteiger partial charge in [-0.3, -0.25) is 4.79 Å². The minimum Gasteiger partial charge on any atom is -0.466 e. The van der Waals surface area contributed by atoms with Crippen molar-refractivity contribution >= 4 is 55.5 Å². The quantitative estimate of drug-likeness (QED) is 0.0891. The van der Waals surface area contributed by atoms with Gasteiger partial charge in [-0.1, -0.05) is 73.5 Å². The van der Waals surface area contributed by atoms with Crippen LogP contribution >= 0.6 is 0 Å². The van der Waals surface area contributed by atoms with Crippen LogP contribution in [0.1, 0.15) is 112 Å². The Balaban J connectivity index is 1.04. The molecule has 6 aromatic rings. The van der Waals surface area contributed by atoms with Crippen molar-refractivity contribution in [2.45, 2.75) is 86.9 Å². The molecular weight excluding hydrogens is 681 g/mol. The Hall–Kier alpha value is -5.21. The van der Waals surface area contributed by atoms with Crippen molar-refractivity contribution in [2.75, 3.05) is 6.61 Å². The first-order valence-corrected chi connectivity index (χ1v) is 21.9. The Morgan fingerprint density at radius 2 is 1.64 bits per heavy atom. The van der Waals surface area contributed by atoms with Crippen LogP contribution in [0.3, 0.4) is 0 Å². The fourth-order valence-corrected chi connectivity index (χ4v) is 17.4. The van der Waals surface area contributed by atoms with Crippen LogP contribution in [-0.2, 0) is 39.6 Å². The van der Waals surface area contributed by atoms with Gasteiger partial charge in [0.15, 0.2) is 0 Å². The Labute approximate surface area is 322 Å². The van der Waals surface area contributed by atoms with Gasteiger partial charge in [-0.05, 0) is 187 Å².